The molecule has 164 valence electrons. The Morgan fingerprint density at radius 2 is 1.90 bits per heavy atom. The third-order valence-corrected chi connectivity index (χ3v) is 7.36. The summed E-state index contributed by atoms with van der Waals surface area (Å²) in [5.41, 5.74) is 3.98. The summed E-state index contributed by atoms with van der Waals surface area (Å²) in [4.78, 5) is 22.1. The second-order valence-electron chi connectivity index (χ2n) is 9.13. The van der Waals surface area contributed by atoms with Gasteiger partial charge in [0, 0.05) is 12.5 Å². The van der Waals surface area contributed by atoms with Gasteiger partial charge < -0.3 is 18.3 Å². The predicted octanol–water partition coefficient (Wildman–Crippen LogP) is 1.67. The number of benzene rings is 1. The number of primary amides is 1. The number of aryl methyl sites for hydroxylation is 1. The van der Waals surface area contributed by atoms with Crippen molar-refractivity contribution in [2.45, 2.75) is 76.7 Å². The van der Waals surface area contributed by atoms with E-state index in [9.17, 15) is 18.4 Å². The summed E-state index contributed by atoms with van der Waals surface area (Å²) in [7, 11) is 2.12. The fourth-order valence-corrected chi connectivity index (χ4v) is 5.56. The van der Waals surface area contributed by atoms with Gasteiger partial charge in [0.1, 0.15) is 11.5 Å². The topological polar surface area (TPSA) is 72.2 Å². The van der Waals surface area contributed by atoms with Gasteiger partial charge in [-0.2, -0.15) is 0 Å². The molecular weight excluding hydrogens is 432 g/mol. The Balaban J connectivity index is 0.000000631. The van der Waals surface area contributed by atoms with Crippen molar-refractivity contribution in [1.29, 1.82) is 0 Å². The molecule has 1 aliphatic heterocycles. The molecule has 2 unspecified atom stereocenters. The largest absolute Gasteiger partial charge is 1.00 e. The van der Waals surface area contributed by atoms with Gasteiger partial charge in [0.2, 0.25) is 11.8 Å². The minimum absolute atomic E-state index is 0. The van der Waals surface area contributed by atoms with Crippen LogP contribution in [0.5, 0.6) is 0 Å². The van der Waals surface area contributed by atoms with E-state index < -0.39 is 22.9 Å². The van der Waals surface area contributed by atoms with Crippen molar-refractivity contribution >= 4 is 30.7 Å². The zero-order chi connectivity index (χ0) is 22.1. The average molecular weight is 461 g/mol. The first-order valence-electron chi connectivity index (χ1n) is 10.6. The molecule has 2 saturated carbocycles. The van der Waals surface area contributed by atoms with Gasteiger partial charge in [-0.25, -0.2) is 21.4 Å². The second-order valence-corrected chi connectivity index (χ2v) is 9.51. The maximum absolute atomic E-state index is 14.9. The molecule has 3 N–H and O–H groups in total. The summed E-state index contributed by atoms with van der Waals surface area (Å²) >= 11 is 6.49. The number of nitrogens with one attached hydrogen (secondary N) is 1. The third kappa shape index (κ3) is 5.84. The zero-order valence-corrected chi connectivity index (χ0v) is 21.3. The van der Waals surface area contributed by atoms with Gasteiger partial charge in [0.15, 0.2) is 0 Å². The van der Waals surface area contributed by atoms with Gasteiger partial charge in [-0.05, 0) is 62.0 Å². The van der Waals surface area contributed by atoms with Crippen LogP contribution in [-0.4, -0.2) is 24.8 Å². The number of halogens is 3. The van der Waals surface area contributed by atoms with Crippen molar-refractivity contribution in [1.82, 2.24) is 5.32 Å². The summed E-state index contributed by atoms with van der Waals surface area (Å²) < 4.78 is 29.7. The Hall–Kier alpha value is -0.625. The van der Waals surface area contributed by atoms with Gasteiger partial charge in [0.05, 0.1) is 11.1 Å². The van der Waals surface area contributed by atoms with Crippen molar-refractivity contribution in [3.05, 3.63) is 34.1 Å². The molecule has 0 spiro atoms. The van der Waals surface area contributed by atoms with Crippen LogP contribution in [0.3, 0.4) is 0 Å². The van der Waals surface area contributed by atoms with E-state index in [4.69, 9.17) is 11.6 Å². The Morgan fingerprint density at radius 1 is 1.29 bits per heavy atom. The molecular formula is C22H29BClF2N2NaO2. The molecule has 4 nitrogen and oxygen atoms in total. The number of hydrogen-bond acceptors (Lipinski definition) is 2. The van der Waals surface area contributed by atoms with Crippen molar-refractivity contribution in [2.75, 3.05) is 0 Å². The van der Waals surface area contributed by atoms with Crippen LogP contribution in [0, 0.1) is 24.1 Å². The Kier molecular flexibility index (Phi) is 9.05. The van der Waals surface area contributed by atoms with Crippen LogP contribution in [0.4, 0.5) is 8.78 Å². The molecule has 2 radical (unpaired) electrons. The molecule has 1 aromatic rings. The van der Waals surface area contributed by atoms with E-state index >= 15 is 0 Å². The molecule has 31 heavy (non-hydrogen) atoms. The van der Waals surface area contributed by atoms with E-state index in [1.54, 1.807) is 6.07 Å². The Labute approximate surface area is 211 Å². The maximum atomic E-state index is 14.9. The monoisotopic (exact) mass is 460 g/mol. The molecule has 9 heteroatoms. The van der Waals surface area contributed by atoms with Crippen LogP contribution in [0.15, 0.2) is 12.1 Å². The van der Waals surface area contributed by atoms with E-state index in [1.165, 1.54) is 13.0 Å². The van der Waals surface area contributed by atoms with Crippen molar-refractivity contribution < 1.29 is 47.9 Å². The first-order valence-corrected chi connectivity index (χ1v) is 11.0. The van der Waals surface area contributed by atoms with Crippen LogP contribution in [0.1, 0.15) is 62.6 Å². The molecule has 1 heterocycles. The quantitative estimate of drug-likeness (QED) is 0.671. The molecule has 2 atom stereocenters. The Morgan fingerprint density at radius 3 is 2.39 bits per heavy atom. The summed E-state index contributed by atoms with van der Waals surface area (Å²) in [6, 6.07) is 2.48. The van der Waals surface area contributed by atoms with Crippen LogP contribution in [0.25, 0.3) is 0 Å². The van der Waals surface area contributed by atoms with E-state index in [0.717, 1.165) is 24.6 Å². The minimum Gasteiger partial charge on any atom is -0.370 e. The minimum atomic E-state index is -1.17. The van der Waals surface area contributed by atoms with Gasteiger partial charge in [-0.1, -0.05) is 24.1 Å². The normalized spacial score (nSPS) is 29.5. The number of alkyl halides is 1. The van der Waals surface area contributed by atoms with Crippen LogP contribution in [0.2, 0.25) is 17.7 Å². The van der Waals surface area contributed by atoms with Crippen molar-refractivity contribution in [3.63, 3.8) is 0 Å². The molecule has 4 rings (SSSR count). The summed E-state index contributed by atoms with van der Waals surface area (Å²) in [5.74, 6) is -0.877. The van der Waals surface area contributed by atoms with Gasteiger partial charge in [-0.15, -0.1) is 0 Å². The van der Waals surface area contributed by atoms with Gasteiger partial charge >= 0.3 is 29.6 Å². The van der Waals surface area contributed by atoms with E-state index in [2.05, 4.69) is 18.3 Å². The number of fused-ring (bicyclic) bond motifs is 2. The molecule has 2 amide bonds. The molecule has 1 saturated heterocycles. The number of hydrogen-bond donors (Lipinski definition) is 2. The SMILES string of the molecule is CC(N)=O.Cc1ccc(F)c(C(NC(=O)C2C[B-]CC2)C23CCC(F)(CC2)C3)c1Cl.[Na+]. The first-order chi connectivity index (χ1) is 14.1. The van der Waals surface area contributed by atoms with Gasteiger partial charge in [-0.3, -0.25) is 9.59 Å². The fraction of sp³-hybridized carbons (Fsp3) is 0.636. The molecule has 3 fully saturated rings. The Bertz CT molecular complexity index is 824. The maximum Gasteiger partial charge on any atom is 1.00 e. The molecule has 1 aromatic carbocycles. The number of carbonyl (C=O) groups excluding carboxylic acids is 2. The predicted molar refractivity (Wildman–Crippen MR) is 115 cm³/mol. The van der Waals surface area contributed by atoms with Crippen LogP contribution >= 0.6 is 11.6 Å². The number of amides is 2. The van der Waals surface area contributed by atoms with E-state index in [-0.39, 0.29) is 47.3 Å². The molecule has 2 bridgehead atoms. The smallest absolute Gasteiger partial charge is 0.370 e. The average Bonchev–Trinajstić information content (AvgIpc) is 3.39. The molecule has 3 aliphatic rings. The number of carbonyl (C=O) groups is 2. The number of nitrogens with two attached hydrogens (primary N) is 1. The van der Waals surface area contributed by atoms with Crippen molar-refractivity contribution in [2.24, 2.45) is 17.1 Å². The summed E-state index contributed by atoms with van der Waals surface area (Å²) in [5, 5.41) is 3.46. The second kappa shape index (κ2) is 10.5. The third-order valence-electron chi connectivity index (χ3n) is 6.86. The van der Waals surface area contributed by atoms with Gasteiger partial charge in [0.25, 0.3) is 0 Å². The first kappa shape index (κ1) is 26.6. The van der Waals surface area contributed by atoms with E-state index in [1.807, 2.05) is 6.92 Å². The van der Waals surface area contributed by atoms with Crippen molar-refractivity contribution in [3.8, 4) is 0 Å². The summed E-state index contributed by atoms with van der Waals surface area (Å²) in [6.07, 6.45) is 5.19. The fourth-order valence-electron chi connectivity index (χ4n) is 5.30. The zero-order valence-electron chi connectivity index (χ0n) is 18.6. The summed E-state index contributed by atoms with van der Waals surface area (Å²) in [6.45, 7) is 3.14. The van der Waals surface area contributed by atoms with Crippen LogP contribution in [-0.2, 0) is 9.59 Å². The van der Waals surface area contributed by atoms with Crippen LogP contribution < -0.4 is 40.6 Å². The molecule has 2 aliphatic carbocycles. The van der Waals surface area contributed by atoms with E-state index in [0.29, 0.717) is 42.7 Å². The molecule has 0 aromatic heterocycles. The number of rotatable bonds is 4. The standard InChI is InChI=1S/C20H24BClF2NO.C2H5NO.Na/c1-12-2-3-14(23)15(16(12)22)17(25-18(26)13-4-9-21-10-13)19-5-7-20(24,11-19)8-6-19;1-2(3)4;/h2-3,13,17H,4-11H2,1H3,(H,25,26);1H3,(H2,3,4);/q-1;;+1.